The number of benzene rings is 2. The van der Waals surface area contributed by atoms with Crippen LogP contribution in [0, 0.1) is 6.92 Å². The SMILES string of the molecule is Cc1cc(NC(=O)C2c3ccccc3Oc3ccccc32)sn1. The maximum Gasteiger partial charge on any atom is 0.237 e. The van der Waals surface area contributed by atoms with E-state index in [0.717, 1.165) is 33.3 Å². The second kappa shape index (κ2) is 5.52. The Kier molecular flexibility index (Phi) is 3.35. The molecule has 0 saturated carbocycles. The van der Waals surface area contributed by atoms with Crippen molar-refractivity contribution in [3.63, 3.8) is 0 Å². The third-order valence-corrected chi connectivity index (χ3v) is 4.61. The summed E-state index contributed by atoms with van der Waals surface area (Å²) in [5.41, 5.74) is 2.66. The maximum absolute atomic E-state index is 12.9. The molecule has 0 saturated heterocycles. The molecule has 23 heavy (non-hydrogen) atoms. The number of nitrogens with one attached hydrogen (secondary N) is 1. The lowest BCUT2D eigenvalue weighted by atomic mass is 9.87. The highest BCUT2D eigenvalue weighted by Gasteiger charge is 2.32. The molecule has 4 nitrogen and oxygen atoms in total. The van der Waals surface area contributed by atoms with Gasteiger partial charge in [-0.2, -0.15) is 4.37 Å². The Labute approximate surface area is 137 Å². The summed E-state index contributed by atoms with van der Waals surface area (Å²) in [5, 5.41) is 3.73. The van der Waals surface area contributed by atoms with E-state index in [-0.39, 0.29) is 5.91 Å². The Balaban J connectivity index is 1.76. The molecule has 0 spiro atoms. The number of fused-ring (bicyclic) bond motifs is 2. The quantitative estimate of drug-likeness (QED) is 0.764. The average molecular weight is 322 g/mol. The van der Waals surface area contributed by atoms with Crippen LogP contribution >= 0.6 is 11.5 Å². The molecule has 0 radical (unpaired) electrons. The number of aryl methyl sites for hydroxylation is 1. The fourth-order valence-corrected chi connectivity index (χ4v) is 3.47. The summed E-state index contributed by atoms with van der Waals surface area (Å²) < 4.78 is 10.1. The Morgan fingerprint density at radius 1 is 1.09 bits per heavy atom. The third-order valence-electron chi connectivity index (χ3n) is 3.82. The first kappa shape index (κ1) is 14.0. The zero-order chi connectivity index (χ0) is 15.8. The van der Waals surface area contributed by atoms with E-state index in [1.54, 1.807) is 0 Å². The van der Waals surface area contributed by atoms with Gasteiger partial charge in [-0.1, -0.05) is 36.4 Å². The normalized spacial score (nSPS) is 12.9. The molecule has 0 atom stereocenters. The van der Waals surface area contributed by atoms with Crippen LogP contribution in [0.5, 0.6) is 11.5 Å². The average Bonchev–Trinajstić information content (AvgIpc) is 2.97. The summed E-state index contributed by atoms with van der Waals surface area (Å²) in [6.07, 6.45) is 0. The number of carbonyl (C=O) groups is 1. The molecule has 2 heterocycles. The van der Waals surface area contributed by atoms with Gasteiger partial charge in [0.25, 0.3) is 0 Å². The van der Waals surface area contributed by atoms with E-state index in [1.807, 2.05) is 61.5 Å². The monoisotopic (exact) mass is 322 g/mol. The van der Waals surface area contributed by atoms with E-state index in [4.69, 9.17) is 4.74 Å². The topological polar surface area (TPSA) is 51.2 Å². The Bertz CT molecular complexity index is 842. The van der Waals surface area contributed by atoms with Gasteiger partial charge >= 0.3 is 0 Å². The van der Waals surface area contributed by atoms with E-state index in [2.05, 4.69) is 9.69 Å². The van der Waals surface area contributed by atoms with Gasteiger partial charge in [-0.25, -0.2) is 0 Å². The van der Waals surface area contributed by atoms with Gasteiger partial charge in [0.05, 0.1) is 11.6 Å². The zero-order valence-corrected chi connectivity index (χ0v) is 13.3. The number of hydrogen-bond donors (Lipinski definition) is 1. The molecule has 0 aliphatic carbocycles. The van der Waals surface area contributed by atoms with Crippen molar-refractivity contribution < 1.29 is 9.53 Å². The number of ether oxygens (including phenoxy) is 1. The highest BCUT2D eigenvalue weighted by molar-refractivity contribution is 7.10. The predicted molar refractivity (Wildman–Crippen MR) is 90.3 cm³/mol. The molecule has 1 aromatic heterocycles. The van der Waals surface area contributed by atoms with Crippen molar-refractivity contribution >= 4 is 22.4 Å². The van der Waals surface area contributed by atoms with Crippen molar-refractivity contribution in [2.24, 2.45) is 0 Å². The molecule has 5 heteroatoms. The largest absolute Gasteiger partial charge is 0.457 e. The number of hydrogen-bond acceptors (Lipinski definition) is 4. The van der Waals surface area contributed by atoms with Crippen molar-refractivity contribution in [3.8, 4) is 11.5 Å². The van der Waals surface area contributed by atoms with Gasteiger partial charge in [0.15, 0.2) is 0 Å². The highest BCUT2D eigenvalue weighted by Crippen LogP contribution is 2.44. The zero-order valence-electron chi connectivity index (χ0n) is 12.4. The number of aromatic nitrogens is 1. The Morgan fingerprint density at radius 3 is 2.26 bits per heavy atom. The summed E-state index contributed by atoms with van der Waals surface area (Å²) in [6.45, 7) is 1.91. The van der Waals surface area contributed by atoms with Gasteiger partial charge in [-0.15, -0.1) is 0 Å². The van der Waals surface area contributed by atoms with Gasteiger partial charge in [-0.3, -0.25) is 4.79 Å². The molecule has 0 fully saturated rings. The summed E-state index contributed by atoms with van der Waals surface area (Å²) in [6, 6.07) is 17.2. The molecule has 1 N–H and O–H groups in total. The number of anilines is 1. The molecule has 1 amide bonds. The van der Waals surface area contributed by atoms with Gasteiger partial charge in [-0.05, 0) is 36.7 Å². The second-order valence-corrected chi connectivity index (χ2v) is 6.24. The highest BCUT2D eigenvalue weighted by atomic mass is 32.1. The van der Waals surface area contributed by atoms with Crippen LogP contribution in [0.15, 0.2) is 54.6 Å². The first-order valence-corrected chi connectivity index (χ1v) is 8.09. The van der Waals surface area contributed by atoms with Crippen molar-refractivity contribution in [1.82, 2.24) is 4.37 Å². The van der Waals surface area contributed by atoms with Crippen molar-refractivity contribution in [1.29, 1.82) is 0 Å². The minimum Gasteiger partial charge on any atom is -0.457 e. The van der Waals surface area contributed by atoms with Crippen molar-refractivity contribution in [3.05, 3.63) is 71.4 Å². The van der Waals surface area contributed by atoms with Gasteiger partial charge in [0, 0.05) is 11.1 Å². The molecule has 1 aliphatic rings. The summed E-state index contributed by atoms with van der Waals surface area (Å²) in [5.74, 6) is 0.995. The van der Waals surface area contributed by atoms with E-state index in [9.17, 15) is 4.79 Å². The number of nitrogens with zero attached hydrogens (tertiary/aromatic N) is 1. The Hall–Kier alpha value is -2.66. The summed E-state index contributed by atoms with van der Waals surface area (Å²) >= 11 is 1.29. The molecule has 1 aliphatic heterocycles. The smallest absolute Gasteiger partial charge is 0.237 e. The predicted octanol–water partition coefficient (Wildman–Crippen LogP) is 4.33. The van der Waals surface area contributed by atoms with Crippen LogP contribution in [0.2, 0.25) is 0 Å². The lowest BCUT2D eigenvalue weighted by Crippen LogP contribution is -2.24. The molecule has 114 valence electrons. The minimum atomic E-state index is -0.390. The van der Waals surface area contributed by atoms with Crippen LogP contribution in [-0.4, -0.2) is 10.3 Å². The van der Waals surface area contributed by atoms with Crippen molar-refractivity contribution in [2.45, 2.75) is 12.8 Å². The summed E-state index contributed by atoms with van der Waals surface area (Å²) in [7, 11) is 0. The fourth-order valence-electron chi connectivity index (χ4n) is 2.81. The lowest BCUT2D eigenvalue weighted by Gasteiger charge is -2.27. The molecular formula is C18H14N2O2S. The van der Waals surface area contributed by atoms with E-state index >= 15 is 0 Å². The van der Waals surface area contributed by atoms with Crippen LogP contribution in [0.1, 0.15) is 22.7 Å². The fraction of sp³-hybridized carbons (Fsp3) is 0.111. The van der Waals surface area contributed by atoms with E-state index < -0.39 is 5.92 Å². The van der Waals surface area contributed by atoms with Crippen molar-refractivity contribution in [2.75, 3.05) is 5.32 Å². The molecule has 2 aromatic carbocycles. The van der Waals surface area contributed by atoms with Crippen LogP contribution < -0.4 is 10.1 Å². The standard InChI is InChI=1S/C18H14N2O2S/c1-11-10-16(23-20-11)19-18(21)17-12-6-2-4-8-14(12)22-15-9-5-3-7-13(15)17/h2-10,17H,1H3,(H,19,21). The molecule has 4 rings (SSSR count). The van der Waals surface area contributed by atoms with Gasteiger partial charge in [0.1, 0.15) is 16.5 Å². The lowest BCUT2D eigenvalue weighted by molar-refractivity contribution is -0.116. The number of rotatable bonds is 2. The van der Waals surface area contributed by atoms with E-state index in [0.29, 0.717) is 0 Å². The summed E-state index contributed by atoms with van der Waals surface area (Å²) in [4.78, 5) is 12.9. The first-order valence-electron chi connectivity index (χ1n) is 7.32. The molecular weight excluding hydrogens is 308 g/mol. The van der Waals surface area contributed by atoms with E-state index in [1.165, 1.54) is 11.5 Å². The molecule has 0 unspecified atom stereocenters. The number of carbonyl (C=O) groups excluding carboxylic acids is 1. The Morgan fingerprint density at radius 2 is 1.70 bits per heavy atom. The van der Waals surface area contributed by atoms with Gasteiger partial charge in [0.2, 0.25) is 5.91 Å². The van der Waals surface area contributed by atoms with Crippen LogP contribution in [0.4, 0.5) is 5.00 Å². The molecule has 3 aromatic rings. The van der Waals surface area contributed by atoms with Crippen LogP contribution in [0.25, 0.3) is 0 Å². The van der Waals surface area contributed by atoms with Gasteiger partial charge < -0.3 is 10.1 Å². The minimum absolute atomic E-state index is 0.0724. The number of amides is 1. The van der Waals surface area contributed by atoms with Crippen LogP contribution in [0.3, 0.4) is 0 Å². The third kappa shape index (κ3) is 2.49. The molecule has 0 bridgehead atoms. The number of para-hydroxylation sites is 2. The maximum atomic E-state index is 12.9. The van der Waals surface area contributed by atoms with Crippen LogP contribution in [-0.2, 0) is 4.79 Å². The second-order valence-electron chi connectivity index (χ2n) is 5.43. The first-order chi connectivity index (χ1) is 11.2.